The fourth-order valence-corrected chi connectivity index (χ4v) is 1.54. The maximum absolute atomic E-state index is 12.1. The number of halogens is 3. The van der Waals surface area contributed by atoms with Crippen molar-refractivity contribution >= 4 is 18.3 Å². The van der Waals surface area contributed by atoms with Gasteiger partial charge in [0, 0.05) is 7.05 Å². The molecular formula is C12H17ClF2N2O. The van der Waals surface area contributed by atoms with Gasteiger partial charge in [0.1, 0.15) is 0 Å². The lowest BCUT2D eigenvalue weighted by molar-refractivity contribution is -0.132. The standard InChI is InChI=1S/C12H16F2N2O.ClH/c1-16(8-11(13)14)12(17)10(15)7-9-5-3-2-4-6-9;/h2-6,10-11H,7-8,15H2,1H3;1H/t10-;/m0./s1. The van der Waals surface area contributed by atoms with Gasteiger partial charge < -0.3 is 10.6 Å². The van der Waals surface area contributed by atoms with Crippen LogP contribution in [0, 0.1) is 0 Å². The summed E-state index contributed by atoms with van der Waals surface area (Å²) in [7, 11) is 1.33. The Morgan fingerprint density at radius 3 is 2.39 bits per heavy atom. The molecule has 2 N–H and O–H groups in total. The van der Waals surface area contributed by atoms with Gasteiger partial charge in [-0.1, -0.05) is 30.3 Å². The summed E-state index contributed by atoms with van der Waals surface area (Å²) in [5, 5.41) is 0. The molecule has 0 aliphatic heterocycles. The summed E-state index contributed by atoms with van der Waals surface area (Å²) in [5.41, 5.74) is 6.61. The van der Waals surface area contributed by atoms with Crippen molar-refractivity contribution in [2.45, 2.75) is 18.9 Å². The molecule has 0 fully saturated rings. The molecule has 18 heavy (non-hydrogen) atoms. The van der Waals surface area contributed by atoms with Gasteiger partial charge in [0.05, 0.1) is 12.6 Å². The second-order valence-electron chi connectivity index (χ2n) is 3.91. The Bertz CT molecular complexity index is 362. The first-order chi connectivity index (χ1) is 8.00. The molecule has 1 rings (SSSR count). The minimum atomic E-state index is -2.53. The van der Waals surface area contributed by atoms with E-state index in [0.717, 1.165) is 10.5 Å². The molecule has 1 atom stereocenters. The molecular weight excluding hydrogens is 262 g/mol. The first kappa shape index (κ1) is 16.8. The number of hydrogen-bond acceptors (Lipinski definition) is 2. The van der Waals surface area contributed by atoms with Crippen molar-refractivity contribution in [2.24, 2.45) is 5.73 Å². The average Bonchev–Trinajstić information content (AvgIpc) is 2.28. The number of benzene rings is 1. The molecule has 102 valence electrons. The molecule has 0 unspecified atom stereocenters. The van der Waals surface area contributed by atoms with Crippen molar-refractivity contribution in [2.75, 3.05) is 13.6 Å². The van der Waals surface area contributed by atoms with E-state index in [1.807, 2.05) is 30.3 Å². The van der Waals surface area contributed by atoms with Crippen LogP contribution in [0.3, 0.4) is 0 Å². The molecule has 0 aliphatic carbocycles. The van der Waals surface area contributed by atoms with E-state index in [4.69, 9.17) is 5.73 Å². The Labute approximate surface area is 111 Å². The molecule has 0 spiro atoms. The van der Waals surface area contributed by atoms with Gasteiger partial charge >= 0.3 is 0 Å². The molecule has 0 radical (unpaired) electrons. The van der Waals surface area contributed by atoms with E-state index in [2.05, 4.69) is 0 Å². The van der Waals surface area contributed by atoms with Gasteiger partial charge in [0.2, 0.25) is 5.91 Å². The normalized spacial score (nSPS) is 11.8. The van der Waals surface area contributed by atoms with E-state index < -0.39 is 24.9 Å². The number of carbonyl (C=O) groups excluding carboxylic acids is 1. The Morgan fingerprint density at radius 1 is 1.33 bits per heavy atom. The molecule has 0 aromatic heterocycles. The molecule has 0 bridgehead atoms. The fourth-order valence-electron chi connectivity index (χ4n) is 1.54. The summed E-state index contributed by atoms with van der Waals surface area (Å²) < 4.78 is 24.2. The topological polar surface area (TPSA) is 46.3 Å². The largest absolute Gasteiger partial charge is 0.339 e. The summed E-state index contributed by atoms with van der Waals surface area (Å²) in [6.45, 7) is -0.582. The lowest BCUT2D eigenvalue weighted by atomic mass is 10.1. The number of likely N-dealkylation sites (N-methyl/N-ethyl adjacent to an activating group) is 1. The first-order valence-electron chi connectivity index (χ1n) is 5.33. The smallest absolute Gasteiger partial charge is 0.255 e. The predicted octanol–water partition coefficient (Wildman–Crippen LogP) is 1.70. The van der Waals surface area contributed by atoms with Crippen molar-refractivity contribution in [1.82, 2.24) is 4.90 Å². The predicted molar refractivity (Wildman–Crippen MR) is 69.0 cm³/mol. The monoisotopic (exact) mass is 278 g/mol. The molecule has 0 aliphatic rings. The molecule has 1 aromatic rings. The Balaban J connectivity index is 0.00000289. The van der Waals surface area contributed by atoms with Gasteiger partial charge in [-0.15, -0.1) is 12.4 Å². The number of nitrogens with two attached hydrogens (primary N) is 1. The van der Waals surface area contributed by atoms with E-state index in [1.54, 1.807) is 0 Å². The van der Waals surface area contributed by atoms with Gasteiger partial charge in [0.15, 0.2) is 0 Å². The van der Waals surface area contributed by atoms with Crippen LogP contribution in [0.15, 0.2) is 30.3 Å². The molecule has 1 amide bonds. The van der Waals surface area contributed by atoms with Crippen molar-refractivity contribution in [3.63, 3.8) is 0 Å². The minimum absolute atomic E-state index is 0. The highest BCUT2D eigenvalue weighted by atomic mass is 35.5. The van der Waals surface area contributed by atoms with Crippen LogP contribution in [0.25, 0.3) is 0 Å². The lowest BCUT2D eigenvalue weighted by Crippen LogP contribution is -2.44. The SMILES string of the molecule is CN(CC(F)F)C(=O)[C@@H](N)Cc1ccccc1.Cl. The zero-order valence-electron chi connectivity index (χ0n) is 10.1. The molecule has 3 nitrogen and oxygen atoms in total. The van der Waals surface area contributed by atoms with E-state index in [-0.39, 0.29) is 12.4 Å². The number of nitrogens with zero attached hydrogens (tertiary/aromatic N) is 1. The average molecular weight is 279 g/mol. The second kappa shape index (κ2) is 8.00. The van der Waals surface area contributed by atoms with Gasteiger partial charge in [-0.05, 0) is 12.0 Å². The molecule has 0 heterocycles. The van der Waals surface area contributed by atoms with E-state index in [9.17, 15) is 13.6 Å². The second-order valence-corrected chi connectivity index (χ2v) is 3.91. The van der Waals surface area contributed by atoms with Gasteiger partial charge in [-0.2, -0.15) is 0 Å². The third-order valence-electron chi connectivity index (χ3n) is 2.40. The first-order valence-corrected chi connectivity index (χ1v) is 5.33. The number of amides is 1. The highest BCUT2D eigenvalue weighted by Gasteiger charge is 2.20. The van der Waals surface area contributed by atoms with Crippen molar-refractivity contribution in [1.29, 1.82) is 0 Å². The van der Waals surface area contributed by atoms with Crippen molar-refractivity contribution < 1.29 is 13.6 Å². The quantitative estimate of drug-likeness (QED) is 0.891. The molecule has 1 aromatic carbocycles. The third-order valence-corrected chi connectivity index (χ3v) is 2.40. The lowest BCUT2D eigenvalue weighted by Gasteiger charge is -2.20. The summed E-state index contributed by atoms with van der Waals surface area (Å²) in [5.74, 6) is -0.464. The summed E-state index contributed by atoms with van der Waals surface area (Å²) in [6.07, 6.45) is -2.18. The van der Waals surface area contributed by atoms with Crippen molar-refractivity contribution in [3.05, 3.63) is 35.9 Å². The van der Waals surface area contributed by atoms with Crippen molar-refractivity contribution in [3.8, 4) is 0 Å². The van der Waals surface area contributed by atoms with Crippen LogP contribution in [0.1, 0.15) is 5.56 Å². The van der Waals surface area contributed by atoms with E-state index in [0.29, 0.717) is 6.42 Å². The van der Waals surface area contributed by atoms with Crippen LogP contribution in [-0.4, -0.2) is 36.9 Å². The number of alkyl halides is 2. The summed E-state index contributed by atoms with van der Waals surface area (Å²) in [4.78, 5) is 12.6. The summed E-state index contributed by atoms with van der Waals surface area (Å²) >= 11 is 0. The molecule has 6 heteroatoms. The summed E-state index contributed by atoms with van der Waals surface area (Å²) in [6, 6.07) is 8.46. The van der Waals surface area contributed by atoms with Crippen LogP contribution in [0.4, 0.5) is 8.78 Å². The molecule has 0 saturated carbocycles. The molecule has 0 saturated heterocycles. The Hall–Kier alpha value is -1.20. The number of hydrogen-bond donors (Lipinski definition) is 1. The Morgan fingerprint density at radius 2 is 1.89 bits per heavy atom. The number of carbonyl (C=O) groups is 1. The maximum Gasteiger partial charge on any atom is 0.255 e. The fraction of sp³-hybridized carbons (Fsp3) is 0.417. The van der Waals surface area contributed by atoms with E-state index >= 15 is 0 Å². The minimum Gasteiger partial charge on any atom is -0.339 e. The van der Waals surface area contributed by atoms with Crippen LogP contribution in [0.5, 0.6) is 0 Å². The van der Waals surface area contributed by atoms with Gasteiger partial charge in [-0.25, -0.2) is 8.78 Å². The van der Waals surface area contributed by atoms with Gasteiger partial charge in [-0.3, -0.25) is 4.79 Å². The maximum atomic E-state index is 12.1. The van der Waals surface area contributed by atoms with E-state index in [1.165, 1.54) is 7.05 Å². The van der Waals surface area contributed by atoms with Crippen LogP contribution >= 0.6 is 12.4 Å². The third kappa shape index (κ3) is 5.42. The van der Waals surface area contributed by atoms with Crippen LogP contribution in [0.2, 0.25) is 0 Å². The van der Waals surface area contributed by atoms with Crippen LogP contribution < -0.4 is 5.73 Å². The zero-order valence-corrected chi connectivity index (χ0v) is 10.9. The zero-order chi connectivity index (χ0) is 12.8. The number of rotatable bonds is 5. The Kier molecular flexibility index (Phi) is 7.47. The van der Waals surface area contributed by atoms with Crippen LogP contribution in [-0.2, 0) is 11.2 Å². The van der Waals surface area contributed by atoms with Gasteiger partial charge in [0.25, 0.3) is 6.43 Å². The highest BCUT2D eigenvalue weighted by molar-refractivity contribution is 5.85. The highest BCUT2D eigenvalue weighted by Crippen LogP contribution is 2.05.